The summed E-state index contributed by atoms with van der Waals surface area (Å²) in [4.78, 5) is 60.6. The number of carbonyl (C=O) groups excluding carboxylic acids is 3. The number of carbonyl (C=O) groups is 4. The zero-order valence-electron chi connectivity index (χ0n) is 20.8. The monoisotopic (exact) mass is 543 g/mol. The van der Waals surface area contributed by atoms with Gasteiger partial charge in [-0.3, -0.25) is 19.4 Å². The zero-order chi connectivity index (χ0) is 28.0. The largest absolute Gasteiger partial charge is 0.480 e. The molecular weight excluding hydrogens is 506 g/mol. The second-order valence-electron chi connectivity index (χ2n) is 8.31. The van der Waals surface area contributed by atoms with Crippen molar-refractivity contribution >= 4 is 41.4 Å². The molecule has 5 unspecified atom stereocenters. The predicted molar refractivity (Wildman–Crippen MR) is 138 cm³/mol. The van der Waals surface area contributed by atoms with E-state index in [9.17, 15) is 29.4 Å². The number of rotatable bonds is 17. The van der Waals surface area contributed by atoms with E-state index in [1.807, 2.05) is 0 Å². The third-order valence-corrected chi connectivity index (χ3v) is 5.84. The molecule has 12 N–H and O–H groups in total. The number of aromatic nitrogens is 2. The quantitative estimate of drug-likeness (QED) is 0.0543. The molecule has 1 heterocycles. The molecule has 0 aliphatic carbocycles. The minimum atomic E-state index is -1.56. The van der Waals surface area contributed by atoms with Gasteiger partial charge in [-0.1, -0.05) is 0 Å². The second-order valence-corrected chi connectivity index (χ2v) is 9.29. The van der Waals surface area contributed by atoms with E-state index < -0.39 is 54.0 Å². The molecule has 1 aromatic rings. The zero-order valence-corrected chi connectivity index (χ0v) is 21.7. The molecule has 0 fully saturated rings. The van der Waals surface area contributed by atoms with Gasteiger partial charge in [-0.15, -0.1) is 0 Å². The molecule has 0 saturated carbocycles. The summed E-state index contributed by atoms with van der Waals surface area (Å²) in [6, 6.07) is -4.73. The number of aliphatic carboxylic acids is 1. The molecule has 1 rings (SSSR count). The van der Waals surface area contributed by atoms with Crippen molar-refractivity contribution in [1.29, 1.82) is 0 Å². The van der Waals surface area contributed by atoms with E-state index in [4.69, 9.17) is 17.2 Å². The number of carboxylic acids is 1. The van der Waals surface area contributed by atoms with Gasteiger partial charge in [0.1, 0.15) is 12.1 Å². The van der Waals surface area contributed by atoms with Crippen LogP contribution in [0.15, 0.2) is 17.5 Å². The molecule has 0 radical (unpaired) electrons. The molecule has 16 heteroatoms. The molecule has 15 nitrogen and oxygen atoms in total. The van der Waals surface area contributed by atoms with Crippen LogP contribution in [0.25, 0.3) is 0 Å². The summed E-state index contributed by atoms with van der Waals surface area (Å²) in [5.74, 6) is -3.11. The number of imidazole rings is 1. The molecule has 208 valence electrons. The highest BCUT2D eigenvalue weighted by Gasteiger charge is 2.31. The molecule has 0 aromatic carbocycles. The number of hydrogen-bond acceptors (Lipinski definition) is 9. The first kappa shape index (κ1) is 31.7. The van der Waals surface area contributed by atoms with E-state index >= 15 is 0 Å². The van der Waals surface area contributed by atoms with Gasteiger partial charge in [-0.25, -0.2) is 9.78 Å². The molecule has 3 amide bonds. The molecule has 37 heavy (non-hydrogen) atoms. The number of guanidine groups is 1. The lowest BCUT2D eigenvalue weighted by Gasteiger charge is -2.25. The summed E-state index contributed by atoms with van der Waals surface area (Å²) >= 11 is 1.42. The average Bonchev–Trinajstić information content (AvgIpc) is 3.33. The van der Waals surface area contributed by atoms with Crippen LogP contribution in [0.4, 0.5) is 0 Å². The third-order valence-electron chi connectivity index (χ3n) is 5.20. The van der Waals surface area contributed by atoms with Crippen molar-refractivity contribution in [2.45, 2.75) is 62.9 Å². The van der Waals surface area contributed by atoms with Crippen LogP contribution >= 0.6 is 11.8 Å². The van der Waals surface area contributed by atoms with E-state index in [2.05, 4.69) is 30.9 Å². The van der Waals surface area contributed by atoms with Crippen molar-refractivity contribution in [2.75, 3.05) is 18.6 Å². The van der Waals surface area contributed by atoms with Crippen molar-refractivity contribution < 1.29 is 29.4 Å². The van der Waals surface area contributed by atoms with E-state index in [0.29, 0.717) is 17.9 Å². The highest BCUT2D eigenvalue weighted by atomic mass is 32.2. The molecule has 0 aliphatic rings. The van der Waals surface area contributed by atoms with Crippen LogP contribution in [0.2, 0.25) is 0 Å². The normalized spacial score (nSPS) is 14.9. The second kappa shape index (κ2) is 16.4. The van der Waals surface area contributed by atoms with Crippen LogP contribution < -0.4 is 33.2 Å². The number of aliphatic hydroxyl groups excluding tert-OH is 1. The third kappa shape index (κ3) is 11.9. The Morgan fingerprint density at radius 2 is 1.73 bits per heavy atom. The molecule has 0 spiro atoms. The van der Waals surface area contributed by atoms with Gasteiger partial charge in [0.15, 0.2) is 12.0 Å². The van der Waals surface area contributed by atoms with Crippen molar-refractivity contribution in [3.63, 3.8) is 0 Å². The molecule has 0 saturated heterocycles. The van der Waals surface area contributed by atoms with Crippen LogP contribution in [0.3, 0.4) is 0 Å². The molecule has 1 aromatic heterocycles. The maximum Gasteiger partial charge on any atom is 0.328 e. The van der Waals surface area contributed by atoms with Crippen molar-refractivity contribution in [3.8, 4) is 0 Å². The fraction of sp³-hybridized carbons (Fsp3) is 0.619. The maximum absolute atomic E-state index is 13.2. The Morgan fingerprint density at radius 3 is 2.27 bits per heavy atom. The van der Waals surface area contributed by atoms with Crippen molar-refractivity contribution in [2.24, 2.45) is 22.2 Å². The number of H-pyrrole nitrogens is 1. The van der Waals surface area contributed by atoms with Gasteiger partial charge in [0.2, 0.25) is 17.7 Å². The molecule has 0 bridgehead atoms. The summed E-state index contributed by atoms with van der Waals surface area (Å²) in [7, 11) is 0. The van der Waals surface area contributed by atoms with Gasteiger partial charge >= 0.3 is 5.97 Å². The number of aliphatic hydroxyl groups is 1. The first-order chi connectivity index (χ1) is 17.5. The molecule has 5 atom stereocenters. The average molecular weight is 544 g/mol. The number of amides is 3. The Bertz CT molecular complexity index is 908. The fourth-order valence-electron chi connectivity index (χ4n) is 3.20. The Morgan fingerprint density at radius 1 is 1.11 bits per heavy atom. The Kier molecular flexibility index (Phi) is 14.0. The van der Waals surface area contributed by atoms with Crippen molar-refractivity contribution in [3.05, 3.63) is 18.2 Å². The fourth-order valence-corrected chi connectivity index (χ4v) is 3.67. The predicted octanol–water partition coefficient (Wildman–Crippen LogP) is -2.99. The number of aliphatic imine (C=N–C) groups is 1. The lowest BCUT2D eigenvalue weighted by Crippen LogP contribution is -2.58. The number of thioether (sulfide) groups is 1. The SMILES string of the molecule is CSCCC(NC(=O)C(CCCN=C(N)N)NC(=O)C(N)Cc1cnc[nH]1)C(=O)NC(C(=O)O)C(C)O. The lowest BCUT2D eigenvalue weighted by molar-refractivity contribution is -0.145. The summed E-state index contributed by atoms with van der Waals surface area (Å²) in [6.07, 6.45) is 4.22. The molecular formula is C21H37N9O6S. The summed E-state index contributed by atoms with van der Waals surface area (Å²) < 4.78 is 0. The maximum atomic E-state index is 13.2. The highest BCUT2D eigenvalue weighted by Crippen LogP contribution is 2.06. The lowest BCUT2D eigenvalue weighted by atomic mass is 10.1. The number of nitrogens with one attached hydrogen (secondary N) is 4. The van der Waals surface area contributed by atoms with Crippen LogP contribution in [-0.2, 0) is 25.6 Å². The van der Waals surface area contributed by atoms with E-state index in [-0.39, 0.29) is 31.8 Å². The summed E-state index contributed by atoms with van der Waals surface area (Å²) in [5, 5.41) is 26.4. The topological polar surface area (TPSA) is 264 Å². The summed E-state index contributed by atoms with van der Waals surface area (Å²) in [6.45, 7) is 1.43. The van der Waals surface area contributed by atoms with E-state index in [1.165, 1.54) is 31.2 Å². The number of aromatic amines is 1. The number of nitrogens with zero attached hydrogens (tertiary/aromatic N) is 2. The van der Waals surface area contributed by atoms with Crippen LogP contribution in [-0.4, -0.2) is 98.7 Å². The van der Waals surface area contributed by atoms with Crippen LogP contribution in [0.5, 0.6) is 0 Å². The Hall–Kier alpha value is -3.37. The van der Waals surface area contributed by atoms with Crippen molar-refractivity contribution in [1.82, 2.24) is 25.9 Å². The van der Waals surface area contributed by atoms with Gasteiger partial charge in [-0.05, 0) is 38.2 Å². The number of carboxylic acid groups (broad SMARTS) is 1. The first-order valence-corrected chi connectivity index (χ1v) is 12.9. The molecule has 0 aliphatic heterocycles. The smallest absolute Gasteiger partial charge is 0.328 e. The van der Waals surface area contributed by atoms with Gasteiger partial charge in [0.25, 0.3) is 0 Å². The van der Waals surface area contributed by atoms with Gasteiger partial charge < -0.3 is 48.3 Å². The van der Waals surface area contributed by atoms with E-state index in [1.54, 1.807) is 6.26 Å². The van der Waals surface area contributed by atoms with Crippen LogP contribution in [0, 0.1) is 0 Å². The van der Waals surface area contributed by atoms with Gasteiger partial charge in [0.05, 0.1) is 18.5 Å². The van der Waals surface area contributed by atoms with Gasteiger partial charge in [-0.2, -0.15) is 11.8 Å². The minimum Gasteiger partial charge on any atom is -0.480 e. The minimum absolute atomic E-state index is 0.119. The Labute approximate surface area is 218 Å². The first-order valence-electron chi connectivity index (χ1n) is 11.5. The number of hydrogen-bond donors (Lipinski definition) is 9. The van der Waals surface area contributed by atoms with Crippen LogP contribution in [0.1, 0.15) is 31.9 Å². The van der Waals surface area contributed by atoms with E-state index in [0.717, 1.165) is 0 Å². The standard InChI is InChI=1S/C21H37N9O6S/c1-11(31)16(20(35)36)30-19(34)15(5-7-37-2)29-18(33)14(4-3-6-26-21(23)24)28-17(32)13(22)8-12-9-25-10-27-12/h9-11,13-16,31H,3-8,22H2,1-2H3,(H,25,27)(H,28,32)(H,29,33)(H,30,34)(H,35,36)(H4,23,24,26). The summed E-state index contributed by atoms with van der Waals surface area (Å²) in [5.41, 5.74) is 17.3. The van der Waals surface area contributed by atoms with Gasteiger partial charge in [0, 0.05) is 24.9 Å². The highest BCUT2D eigenvalue weighted by molar-refractivity contribution is 7.98. The Balaban J connectivity index is 2.98. The number of nitrogens with two attached hydrogens (primary N) is 3.